The van der Waals surface area contributed by atoms with Gasteiger partial charge in [-0.25, -0.2) is 0 Å². The molecule has 1 aliphatic carbocycles. The van der Waals surface area contributed by atoms with Gasteiger partial charge in [0.25, 0.3) is 0 Å². The molecular weight excluding hydrogens is 258 g/mol. The van der Waals surface area contributed by atoms with Gasteiger partial charge >= 0.3 is 0 Å². The molecule has 2 aromatic carbocycles. The van der Waals surface area contributed by atoms with E-state index in [0.717, 1.165) is 0 Å². The lowest BCUT2D eigenvalue weighted by Crippen LogP contribution is -2.37. The number of hydroxylamine groups is 1. The number of hydrogen-bond acceptors (Lipinski definition) is 2. The highest BCUT2D eigenvalue weighted by atomic mass is 16.6. The Bertz CT molecular complexity index is 526. The van der Waals surface area contributed by atoms with Crippen LogP contribution in [0.2, 0.25) is 0 Å². The monoisotopic (exact) mass is 281 g/mol. The summed E-state index contributed by atoms with van der Waals surface area (Å²) in [5.74, 6) is 0.565. The molecule has 1 aliphatic rings. The summed E-state index contributed by atoms with van der Waals surface area (Å²) >= 11 is 0. The second-order valence-corrected chi connectivity index (χ2v) is 5.80. The van der Waals surface area contributed by atoms with Crippen molar-refractivity contribution in [3.05, 3.63) is 71.8 Å². The Kier molecular flexibility index (Phi) is 5.03. The molecule has 1 N–H and O–H groups in total. The summed E-state index contributed by atoms with van der Waals surface area (Å²) in [6.45, 7) is 0.624. The predicted octanol–water partition coefficient (Wildman–Crippen LogP) is 4.43. The molecule has 0 saturated heterocycles. The van der Waals surface area contributed by atoms with Crippen molar-refractivity contribution in [1.82, 2.24) is 5.48 Å². The zero-order valence-electron chi connectivity index (χ0n) is 12.4. The molecular formula is C19H23NO. The molecule has 2 heteroatoms. The van der Waals surface area contributed by atoms with Gasteiger partial charge < -0.3 is 0 Å². The molecule has 0 amide bonds. The van der Waals surface area contributed by atoms with E-state index in [-0.39, 0.29) is 0 Å². The first kappa shape index (κ1) is 14.3. The third-order valence-corrected chi connectivity index (χ3v) is 4.31. The largest absolute Gasteiger partial charge is 0.297 e. The quantitative estimate of drug-likeness (QED) is 0.818. The predicted molar refractivity (Wildman–Crippen MR) is 85.8 cm³/mol. The van der Waals surface area contributed by atoms with Crippen molar-refractivity contribution in [2.45, 2.75) is 44.2 Å². The molecule has 0 bridgehead atoms. The Morgan fingerprint density at radius 3 is 2.29 bits per heavy atom. The highest BCUT2D eigenvalue weighted by Crippen LogP contribution is 2.33. The minimum atomic E-state index is 0.421. The maximum atomic E-state index is 5.76. The van der Waals surface area contributed by atoms with Gasteiger partial charge in [0.1, 0.15) is 0 Å². The first-order chi connectivity index (χ1) is 10.4. The van der Waals surface area contributed by atoms with E-state index in [1.165, 1.54) is 36.8 Å². The summed E-state index contributed by atoms with van der Waals surface area (Å²) in [5.41, 5.74) is 5.95. The SMILES string of the molecule is c1ccc(CONC2CCCCC2c2ccccc2)cc1. The first-order valence-electron chi connectivity index (χ1n) is 7.89. The molecule has 110 valence electrons. The Morgan fingerprint density at radius 1 is 0.857 bits per heavy atom. The van der Waals surface area contributed by atoms with Gasteiger partial charge in [-0.1, -0.05) is 73.5 Å². The van der Waals surface area contributed by atoms with Crippen molar-refractivity contribution >= 4 is 0 Å². The van der Waals surface area contributed by atoms with Crippen LogP contribution in [0.15, 0.2) is 60.7 Å². The smallest absolute Gasteiger partial charge is 0.0933 e. The van der Waals surface area contributed by atoms with E-state index in [0.29, 0.717) is 18.6 Å². The molecule has 0 radical (unpaired) electrons. The maximum absolute atomic E-state index is 5.76. The topological polar surface area (TPSA) is 21.3 Å². The second-order valence-electron chi connectivity index (χ2n) is 5.80. The molecule has 1 saturated carbocycles. The normalized spacial score (nSPS) is 22.1. The highest BCUT2D eigenvalue weighted by molar-refractivity contribution is 5.21. The summed E-state index contributed by atoms with van der Waals surface area (Å²) in [7, 11) is 0. The summed E-state index contributed by atoms with van der Waals surface area (Å²) in [4.78, 5) is 5.76. The van der Waals surface area contributed by atoms with Gasteiger partial charge in [0.15, 0.2) is 0 Å². The number of rotatable bonds is 5. The van der Waals surface area contributed by atoms with Crippen LogP contribution < -0.4 is 5.48 Å². The van der Waals surface area contributed by atoms with Gasteiger partial charge in [-0.15, -0.1) is 0 Å². The van der Waals surface area contributed by atoms with Crippen LogP contribution in [0.4, 0.5) is 0 Å². The van der Waals surface area contributed by atoms with Crippen LogP contribution in [0.1, 0.15) is 42.7 Å². The summed E-state index contributed by atoms with van der Waals surface area (Å²) < 4.78 is 0. The second kappa shape index (κ2) is 7.39. The fraction of sp³-hybridized carbons (Fsp3) is 0.368. The number of nitrogens with one attached hydrogen (secondary N) is 1. The van der Waals surface area contributed by atoms with E-state index >= 15 is 0 Å². The van der Waals surface area contributed by atoms with Gasteiger partial charge in [0, 0.05) is 12.0 Å². The van der Waals surface area contributed by atoms with Crippen molar-refractivity contribution in [2.75, 3.05) is 0 Å². The standard InChI is InChI=1S/C19H23NO/c1-3-9-16(10-4-1)15-21-20-19-14-8-7-13-18(19)17-11-5-2-6-12-17/h1-6,9-12,18-20H,7-8,13-15H2. The van der Waals surface area contributed by atoms with E-state index in [1.54, 1.807) is 0 Å². The Labute approximate surface area is 127 Å². The van der Waals surface area contributed by atoms with Gasteiger partial charge in [-0.3, -0.25) is 4.84 Å². The molecule has 3 rings (SSSR count). The molecule has 2 unspecified atom stereocenters. The van der Waals surface area contributed by atoms with E-state index in [9.17, 15) is 0 Å². The van der Waals surface area contributed by atoms with Gasteiger partial charge in [0.2, 0.25) is 0 Å². The van der Waals surface area contributed by atoms with E-state index in [1.807, 2.05) is 18.2 Å². The summed E-state index contributed by atoms with van der Waals surface area (Å²) in [5, 5.41) is 0. The first-order valence-corrected chi connectivity index (χ1v) is 7.89. The minimum absolute atomic E-state index is 0.421. The molecule has 2 aromatic rings. The van der Waals surface area contributed by atoms with Gasteiger partial charge in [-0.2, -0.15) is 5.48 Å². The average Bonchev–Trinajstić information content (AvgIpc) is 2.57. The van der Waals surface area contributed by atoms with E-state index in [2.05, 4.69) is 47.9 Å². The fourth-order valence-electron chi connectivity index (χ4n) is 3.18. The molecule has 0 aliphatic heterocycles. The van der Waals surface area contributed by atoms with Gasteiger partial charge in [0.05, 0.1) is 6.61 Å². The molecule has 0 spiro atoms. The zero-order chi connectivity index (χ0) is 14.3. The van der Waals surface area contributed by atoms with E-state index < -0.39 is 0 Å². The minimum Gasteiger partial charge on any atom is -0.297 e. The van der Waals surface area contributed by atoms with Gasteiger partial charge in [-0.05, 0) is 24.0 Å². The Morgan fingerprint density at radius 2 is 1.52 bits per heavy atom. The van der Waals surface area contributed by atoms with Crippen molar-refractivity contribution in [2.24, 2.45) is 0 Å². The van der Waals surface area contributed by atoms with E-state index in [4.69, 9.17) is 4.84 Å². The van der Waals surface area contributed by atoms with Crippen LogP contribution >= 0.6 is 0 Å². The highest BCUT2D eigenvalue weighted by Gasteiger charge is 2.26. The lowest BCUT2D eigenvalue weighted by molar-refractivity contribution is -0.0102. The Balaban J connectivity index is 1.57. The molecule has 21 heavy (non-hydrogen) atoms. The molecule has 1 fully saturated rings. The molecule has 2 nitrogen and oxygen atoms in total. The lowest BCUT2D eigenvalue weighted by Gasteiger charge is -2.32. The van der Waals surface area contributed by atoms with Crippen LogP contribution in [-0.4, -0.2) is 6.04 Å². The number of benzene rings is 2. The van der Waals surface area contributed by atoms with Crippen LogP contribution in [-0.2, 0) is 11.4 Å². The maximum Gasteiger partial charge on any atom is 0.0933 e. The third-order valence-electron chi connectivity index (χ3n) is 4.31. The van der Waals surface area contributed by atoms with Crippen molar-refractivity contribution in [1.29, 1.82) is 0 Å². The Hall–Kier alpha value is -1.64. The summed E-state index contributed by atoms with van der Waals surface area (Å²) in [6, 6.07) is 21.6. The average molecular weight is 281 g/mol. The van der Waals surface area contributed by atoms with Crippen LogP contribution in [0.3, 0.4) is 0 Å². The number of hydrogen-bond donors (Lipinski definition) is 1. The van der Waals surface area contributed by atoms with Crippen LogP contribution in [0, 0.1) is 0 Å². The fourth-order valence-corrected chi connectivity index (χ4v) is 3.18. The molecule has 2 atom stereocenters. The van der Waals surface area contributed by atoms with Crippen molar-refractivity contribution in [3.63, 3.8) is 0 Å². The van der Waals surface area contributed by atoms with Crippen LogP contribution in [0.25, 0.3) is 0 Å². The van der Waals surface area contributed by atoms with Crippen molar-refractivity contribution < 1.29 is 4.84 Å². The summed E-state index contributed by atoms with van der Waals surface area (Å²) in [6.07, 6.45) is 5.04. The third kappa shape index (κ3) is 3.93. The van der Waals surface area contributed by atoms with Crippen molar-refractivity contribution in [3.8, 4) is 0 Å². The lowest BCUT2D eigenvalue weighted by atomic mass is 9.80. The van der Waals surface area contributed by atoms with Crippen LogP contribution in [0.5, 0.6) is 0 Å². The molecule has 0 aromatic heterocycles. The zero-order valence-corrected chi connectivity index (χ0v) is 12.4. The molecule has 0 heterocycles.